The van der Waals surface area contributed by atoms with Crippen molar-refractivity contribution < 1.29 is 0 Å². The van der Waals surface area contributed by atoms with Crippen molar-refractivity contribution in [2.45, 2.75) is 43.9 Å². The fraction of sp³-hybridized carbons (Fsp3) is 0.833. The maximum Gasteiger partial charge on any atom is 0.123 e. The first-order valence-electron chi connectivity index (χ1n) is 6.11. The summed E-state index contributed by atoms with van der Waals surface area (Å²) in [7, 11) is 0. The molecule has 0 spiro atoms. The first-order chi connectivity index (χ1) is 7.34. The molecule has 0 aliphatic heterocycles. The van der Waals surface area contributed by atoms with Crippen LogP contribution in [0.4, 0.5) is 0 Å². The number of hydrogen-bond donors (Lipinski definition) is 0. The van der Waals surface area contributed by atoms with Gasteiger partial charge < -0.3 is 0 Å². The Hall–Kier alpha value is -0.440. The minimum absolute atomic E-state index is 0.468. The molecule has 4 aliphatic rings. The van der Waals surface area contributed by atoms with Crippen molar-refractivity contribution in [1.82, 2.24) is 10.2 Å². The van der Waals surface area contributed by atoms with Crippen molar-refractivity contribution in [3.05, 3.63) is 10.5 Å². The van der Waals surface area contributed by atoms with Gasteiger partial charge in [0.05, 0.1) is 0 Å². The number of nitrogens with zero attached hydrogens (tertiary/aromatic N) is 2. The van der Waals surface area contributed by atoms with Crippen molar-refractivity contribution in [2.75, 3.05) is 0 Å². The third-order valence-electron chi connectivity index (χ3n) is 4.85. The van der Waals surface area contributed by atoms with Gasteiger partial charge in [0.2, 0.25) is 0 Å². The van der Waals surface area contributed by atoms with Gasteiger partial charge in [0.1, 0.15) is 10.5 Å². The van der Waals surface area contributed by atoms with E-state index in [1.165, 1.54) is 43.5 Å². The zero-order valence-corrected chi connectivity index (χ0v) is 9.67. The maximum atomic E-state index is 4.37. The van der Waals surface area contributed by atoms with Gasteiger partial charge in [-0.3, -0.25) is 0 Å². The van der Waals surface area contributed by atoms with E-state index in [-0.39, 0.29) is 0 Å². The predicted molar refractivity (Wildman–Crippen MR) is 59.8 cm³/mol. The molecule has 1 aromatic rings. The highest BCUT2D eigenvalue weighted by Crippen LogP contribution is 2.60. The second kappa shape index (κ2) is 2.82. The molecule has 0 saturated heterocycles. The van der Waals surface area contributed by atoms with E-state index in [1.807, 2.05) is 5.51 Å². The monoisotopic (exact) mass is 220 g/mol. The summed E-state index contributed by atoms with van der Waals surface area (Å²) >= 11 is 1.79. The maximum absolute atomic E-state index is 4.37. The molecular formula is C12H16N2S. The lowest BCUT2D eigenvalue weighted by atomic mass is 9.50. The van der Waals surface area contributed by atoms with Crippen LogP contribution in [0.25, 0.3) is 0 Å². The molecule has 1 heterocycles. The van der Waals surface area contributed by atoms with Gasteiger partial charge in [-0.05, 0) is 56.3 Å². The van der Waals surface area contributed by atoms with Crippen LogP contribution in [-0.2, 0) is 5.41 Å². The first-order valence-corrected chi connectivity index (χ1v) is 6.99. The van der Waals surface area contributed by atoms with Gasteiger partial charge in [0.15, 0.2) is 0 Å². The molecule has 0 amide bonds. The summed E-state index contributed by atoms with van der Waals surface area (Å²) in [6.07, 6.45) is 8.77. The largest absolute Gasteiger partial charge is 0.147 e. The van der Waals surface area contributed by atoms with Gasteiger partial charge >= 0.3 is 0 Å². The Labute approximate surface area is 94.1 Å². The summed E-state index contributed by atoms with van der Waals surface area (Å²) < 4.78 is 0. The molecule has 0 radical (unpaired) electrons. The highest BCUT2D eigenvalue weighted by molar-refractivity contribution is 7.09. The molecule has 1 aromatic heterocycles. The van der Waals surface area contributed by atoms with Crippen molar-refractivity contribution >= 4 is 11.3 Å². The van der Waals surface area contributed by atoms with Crippen LogP contribution in [0.1, 0.15) is 43.5 Å². The topological polar surface area (TPSA) is 25.8 Å². The molecular weight excluding hydrogens is 204 g/mol. The van der Waals surface area contributed by atoms with Gasteiger partial charge in [-0.15, -0.1) is 21.5 Å². The van der Waals surface area contributed by atoms with Gasteiger partial charge in [-0.25, -0.2) is 0 Å². The van der Waals surface area contributed by atoms with Crippen molar-refractivity contribution in [2.24, 2.45) is 17.8 Å². The standard InChI is InChI=1S/C12H16N2S/c1-8-2-10-3-9(1)5-12(4-8,6-10)11-14-13-7-15-11/h7-10H,1-6H2. The Morgan fingerprint density at radius 2 is 1.67 bits per heavy atom. The van der Waals surface area contributed by atoms with Crippen LogP contribution in [0.3, 0.4) is 0 Å². The fourth-order valence-electron chi connectivity index (χ4n) is 4.78. The van der Waals surface area contributed by atoms with E-state index in [1.54, 1.807) is 11.3 Å². The molecule has 80 valence electrons. The Kier molecular flexibility index (Phi) is 1.63. The van der Waals surface area contributed by atoms with Crippen LogP contribution in [0.5, 0.6) is 0 Å². The lowest BCUT2D eigenvalue weighted by Gasteiger charge is -2.55. The third kappa shape index (κ3) is 1.16. The molecule has 15 heavy (non-hydrogen) atoms. The van der Waals surface area contributed by atoms with Crippen molar-refractivity contribution in [3.63, 3.8) is 0 Å². The van der Waals surface area contributed by atoms with Gasteiger partial charge in [-0.2, -0.15) is 0 Å². The lowest BCUT2D eigenvalue weighted by molar-refractivity contribution is -0.00555. The minimum atomic E-state index is 0.468. The quantitative estimate of drug-likeness (QED) is 0.727. The normalized spacial score (nSPS) is 47.3. The first kappa shape index (κ1) is 8.68. The van der Waals surface area contributed by atoms with Crippen LogP contribution in [0.15, 0.2) is 5.51 Å². The summed E-state index contributed by atoms with van der Waals surface area (Å²) in [6.45, 7) is 0. The Bertz CT molecular complexity index is 336. The molecule has 4 fully saturated rings. The molecule has 2 nitrogen and oxygen atoms in total. The second-order valence-electron chi connectivity index (χ2n) is 5.94. The summed E-state index contributed by atoms with van der Waals surface area (Å²) in [5, 5.41) is 9.77. The number of aromatic nitrogens is 2. The third-order valence-corrected chi connectivity index (χ3v) is 5.79. The molecule has 0 aromatic carbocycles. The van der Waals surface area contributed by atoms with Crippen LogP contribution < -0.4 is 0 Å². The van der Waals surface area contributed by atoms with E-state index < -0.39 is 0 Å². The lowest BCUT2D eigenvalue weighted by Crippen LogP contribution is -2.48. The fourth-order valence-corrected chi connectivity index (χ4v) is 5.57. The number of hydrogen-bond acceptors (Lipinski definition) is 3. The summed E-state index contributed by atoms with van der Waals surface area (Å²) in [5.41, 5.74) is 2.38. The molecule has 4 bridgehead atoms. The molecule has 3 heteroatoms. The molecule has 5 rings (SSSR count). The average molecular weight is 220 g/mol. The van der Waals surface area contributed by atoms with E-state index in [9.17, 15) is 0 Å². The summed E-state index contributed by atoms with van der Waals surface area (Å²) in [6, 6.07) is 0. The zero-order chi connectivity index (χ0) is 9.88. The van der Waals surface area contributed by atoms with E-state index >= 15 is 0 Å². The van der Waals surface area contributed by atoms with Gasteiger partial charge in [-0.1, -0.05) is 0 Å². The highest BCUT2D eigenvalue weighted by atomic mass is 32.1. The Morgan fingerprint density at radius 3 is 2.13 bits per heavy atom. The highest BCUT2D eigenvalue weighted by Gasteiger charge is 2.52. The van der Waals surface area contributed by atoms with E-state index in [4.69, 9.17) is 0 Å². The minimum Gasteiger partial charge on any atom is -0.147 e. The zero-order valence-electron chi connectivity index (χ0n) is 8.85. The van der Waals surface area contributed by atoms with Crippen LogP contribution in [-0.4, -0.2) is 10.2 Å². The van der Waals surface area contributed by atoms with Crippen molar-refractivity contribution in [1.29, 1.82) is 0 Å². The van der Waals surface area contributed by atoms with Crippen LogP contribution in [0, 0.1) is 17.8 Å². The molecule has 4 aliphatic carbocycles. The Morgan fingerprint density at radius 1 is 1.07 bits per heavy atom. The number of rotatable bonds is 1. The van der Waals surface area contributed by atoms with Crippen LogP contribution in [0.2, 0.25) is 0 Å². The predicted octanol–water partition coefficient (Wildman–Crippen LogP) is 3.01. The SMILES string of the molecule is c1nnc(C23CC4CC(CC(C4)C2)C3)s1. The van der Waals surface area contributed by atoms with E-state index in [0.29, 0.717) is 5.41 Å². The smallest absolute Gasteiger partial charge is 0.123 e. The Balaban J connectivity index is 1.77. The van der Waals surface area contributed by atoms with E-state index in [0.717, 1.165) is 17.8 Å². The summed E-state index contributed by atoms with van der Waals surface area (Å²) in [5.74, 6) is 3.04. The molecule has 0 unspecified atom stereocenters. The van der Waals surface area contributed by atoms with Crippen molar-refractivity contribution in [3.8, 4) is 0 Å². The second-order valence-corrected chi connectivity index (χ2v) is 6.77. The summed E-state index contributed by atoms with van der Waals surface area (Å²) in [4.78, 5) is 0. The molecule has 0 atom stereocenters. The molecule has 4 saturated carbocycles. The van der Waals surface area contributed by atoms with Crippen LogP contribution >= 0.6 is 11.3 Å². The van der Waals surface area contributed by atoms with E-state index in [2.05, 4.69) is 10.2 Å². The molecule has 0 N–H and O–H groups in total. The average Bonchev–Trinajstić information content (AvgIpc) is 2.67. The van der Waals surface area contributed by atoms with Gasteiger partial charge in [0.25, 0.3) is 0 Å². The van der Waals surface area contributed by atoms with Gasteiger partial charge in [0, 0.05) is 5.41 Å².